The summed E-state index contributed by atoms with van der Waals surface area (Å²) in [6.07, 6.45) is 1.60. The van der Waals surface area contributed by atoms with Gasteiger partial charge in [-0.05, 0) is 12.1 Å². The summed E-state index contributed by atoms with van der Waals surface area (Å²) in [6.45, 7) is 0. The first-order valence-corrected chi connectivity index (χ1v) is 4.25. The van der Waals surface area contributed by atoms with Crippen molar-refractivity contribution in [3.8, 4) is 5.75 Å². The van der Waals surface area contributed by atoms with Crippen molar-refractivity contribution >= 4 is 17.0 Å². The van der Waals surface area contributed by atoms with Crippen LogP contribution in [0.2, 0.25) is 0 Å². The van der Waals surface area contributed by atoms with Crippen LogP contribution in [0.25, 0.3) is 11.0 Å². The van der Waals surface area contributed by atoms with Crippen molar-refractivity contribution in [3.63, 3.8) is 0 Å². The van der Waals surface area contributed by atoms with Gasteiger partial charge in [-0.25, -0.2) is 9.78 Å². The lowest BCUT2D eigenvalue weighted by Crippen LogP contribution is -2.02. The van der Waals surface area contributed by atoms with E-state index in [2.05, 4.69) is 9.97 Å². The molecule has 0 aliphatic rings. The molecule has 0 unspecified atom stereocenters. The van der Waals surface area contributed by atoms with Crippen LogP contribution in [0.3, 0.4) is 0 Å². The summed E-state index contributed by atoms with van der Waals surface area (Å²) in [5.74, 6) is -0.669. The lowest BCUT2D eigenvalue weighted by Gasteiger charge is -2.04. The first kappa shape index (κ1) is 9.39. The highest BCUT2D eigenvalue weighted by Crippen LogP contribution is 2.22. The summed E-state index contributed by atoms with van der Waals surface area (Å²) in [6, 6.07) is 4.75. The minimum Gasteiger partial charge on any atom is -0.494 e. The van der Waals surface area contributed by atoms with Gasteiger partial charge in [0.1, 0.15) is 11.3 Å². The number of carbonyl (C=O) groups is 1. The second-order valence-electron chi connectivity index (χ2n) is 2.89. The molecule has 0 aliphatic heterocycles. The molecule has 2 aromatic heterocycles. The number of carboxylic acid groups (broad SMARTS) is 1. The predicted octanol–water partition coefficient (Wildman–Crippen LogP) is 1.34. The first-order valence-electron chi connectivity index (χ1n) is 4.25. The average molecular weight is 204 g/mol. The Morgan fingerprint density at radius 3 is 3.00 bits per heavy atom. The summed E-state index contributed by atoms with van der Waals surface area (Å²) >= 11 is 0. The molecule has 1 N–H and O–H groups in total. The molecule has 0 aromatic carbocycles. The number of ether oxygens (including phenoxy) is 1. The van der Waals surface area contributed by atoms with Crippen molar-refractivity contribution < 1.29 is 14.6 Å². The quantitative estimate of drug-likeness (QED) is 0.799. The van der Waals surface area contributed by atoms with Crippen molar-refractivity contribution in [2.45, 2.75) is 0 Å². The van der Waals surface area contributed by atoms with Crippen LogP contribution in [0.4, 0.5) is 0 Å². The van der Waals surface area contributed by atoms with Gasteiger partial charge in [-0.1, -0.05) is 0 Å². The highest BCUT2D eigenvalue weighted by Gasteiger charge is 2.11. The van der Waals surface area contributed by atoms with Crippen LogP contribution in [0.1, 0.15) is 10.5 Å². The molecule has 5 nitrogen and oxygen atoms in total. The molecular weight excluding hydrogens is 196 g/mol. The van der Waals surface area contributed by atoms with E-state index in [0.29, 0.717) is 16.8 Å². The third-order valence-corrected chi connectivity index (χ3v) is 1.97. The number of fused-ring (bicyclic) bond motifs is 1. The van der Waals surface area contributed by atoms with E-state index >= 15 is 0 Å². The second-order valence-corrected chi connectivity index (χ2v) is 2.89. The Hall–Kier alpha value is -2.17. The molecule has 2 heterocycles. The third kappa shape index (κ3) is 1.59. The Morgan fingerprint density at radius 2 is 2.33 bits per heavy atom. The predicted molar refractivity (Wildman–Crippen MR) is 53.0 cm³/mol. The summed E-state index contributed by atoms with van der Waals surface area (Å²) in [7, 11) is 1.47. The lowest BCUT2D eigenvalue weighted by atomic mass is 10.2. The zero-order valence-electron chi connectivity index (χ0n) is 7.97. The second kappa shape index (κ2) is 3.53. The van der Waals surface area contributed by atoms with E-state index in [9.17, 15) is 4.79 Å². The maximum atomic E-state index is 10.8. The largest absolute Gasteiger partial charge is 0.494 e. The number of carboxylic acids is 1. The molecule has 0 atom stereocenters. The lowest BCUT2D eigenvalue weighted by molar-refractivity contribution is 0.0690. The van der Waals surface area contributed by atoms with Crippen LogP contribution in [0.15, 0.2) is 24.4 Å². The van der Waals surface area contributed by atoms with Crippen LogP contribution in [-0.2, 0) is 0 Å². The van der Waals surface area contributed by atoms with E-state index in [1.807, 2.05) is 0 Å². The fourth-order valence-electron chi connectivity index (χ4n) is 1.30. The minimum absolute atomic E-state index is 0.0487. The fraction of sp³-hybridized carbons (Fsp3) is 0.100. The first-order chi connectivity index (χ1) is 7.22. The normalized spacial score (nSPS) is 10.2. The van der Waals surface area contributed by atoms with E-state index in [1.165, 1.54) is 13.2 Å². The smallest absolute Gasteiger partial charge is 0.354 e. The molecule has 76 valence electrons. The minimum atomic E-state index is -1.08. The maximum Gasteiger partial charge on any atom is 0.354 e. The van der Waals surface area contributed by atoms with Crippen molar-refractivity contribution in [1.82, 2.24) is 9.97 Å². The van der Waals surface area contributed by atoms with Crippen LogP contribution in [0, 0.1) is 0 Å². The highest BCUT2D eigenvalue weighted by molar-refractivity contribution is 5.91. The zero-order valence-corrected chi connectivity index (χ0v) is 7.97. The molecule has 2 aromatic rings. The summed E-state index contributed by atoms with van der Waals surface area (Å²) in [5, 5.41) is 8.83. The van der Waals surface area contributed by atoms with Gasteiger partial charge in [0.15, 0.2) is 5.69 Å². The molecule has 0 radical (unpaired) electrons. The highest BCUT2D eigenvalue weighted by atomic mass is 16.5. The fourth-order valence-corrected chi connectivity index (χ4v) is 1.30. The molecule has 0 aliphatic carbocycles. The number of methoxy groups -OCH3 is 1. The van der Waals surface area contributed by atoms with Gasteiger partial charge in [0, 0.05) is 12.3 Å². The van der Waals surface area contributed by atoms with Crippen LogP contribution >= 0.6 is 0 Å². The van der Waals surface area contributed by atoms with Gasteiger partial charge in [-0.15, -0.1) is 0 Å². The average Bonchev–Trinajstić information content (AvgIpc) is 2.27. The molecule has 0 saturated heterocycles. The standard InChI is InChI=1S/C10H8N2O3/c1-15-8-5-7(10(13)14)12-6-3-2-4-11-9(6)8/h2-5H,1H3,(H,13,14). The van der Waals surface area contributed by atoms with E-state index < -0.39 is 5.97 Å². The molecule has 0 fully saturated rings. The number of hydrogen-bond donors (Lipinski definition) is 1. The van der Waals surface area contributed by atoms with Crippen molar-refractivity contribution in [2.75, 3.05) is 7.11 Å². The van der Waals surface area contributed by atoms with Crippen LogP contribution in [-0.4, -0.2) is 28.2 Å². The third-order valence-electron chi connectivity index (χ3n) is 1.97. The van der Waals surface area contributed by atoms with Gasteiger partial charge >= 0.3 is 5.97 Å². The van der Waals surface area contributed by atoms with Gasteiger partial charge in [-0.2, -0.15) is 0 Å². The molecular formula is C10H8N2O3. The number of rotatable bonds is 2. The molecule has 2 rings (SSSR count). The van der Waals surface area contributed by atoms with Gasteiger partial charge < -0.3 is 9.84 Å². The SMILES string of the molecule is COc1cc(C(=O)O)nc2cccnc12. The molecule has 15 heavy (non-hydrogen) atoms. The number of nitrogens with zero attached hydrogens (tertiary/aromatic N) is 2. The molecule has 0 bridgehead atoms. The monoisotopic (exact) mass is 204 g/mol. The van der Waals surface area contributed by atoms with Gasteiger partial charge in [0.2, 0.25) is 0 Å². The number of aromatic nitrogens is 2. The van der Waals surface area contributed by atoms with Crippen LogP contribution < -0.4 is 4.74 Å². The van der Waals surface area contributed by atoms with E-state index in [1.54, 1.807) is 18.3 Å². The molecule has 0 spiro atoms. The van der Waals surface area contributed by atoms with Gasteiger partial charge in [-0.3, -0.25) is 4.98 Å². The number of aromatic carboxylic acids is 1. The molecule has 0 amide bonds. The van der Waals surface area contributed by atoms with Crippen molar-refractivity contribution in [3.05, 3.63) is 30.1 Å². The molecule has 0 saturated carbocycles. The Morgan fingerprint density at radius 1 is 1.53 bits per heavy atom. The number of pyridine rings is 2. The van der Waals surface area contributed by atoms with Gasteiger partial charge in [0.25, 0.3) is 0 Å². The summed E-state index contributed by atoms with van der Waals surface area (Å²) < 4.78 is 5.05. The van der Waals surface area contributed by atoms with Crippen molar-refractivity contribution in [2.24, 2.45) is 0 Å². The van der Waals surface area contributed by atoms with E-state index in [-0.39, 0.29) is 5.69 Å². The van der Waals surface area contributed by atoms with E-state index in [0.717, 1.165) is 0 Å². The Bertz CT molecular complexity index is 525. The topological polar surface area (TPSA) is 72.3 Å². The summed E-state index contributed by atoms with van der Waals surface area (Å²) in [4.78, 5) is 18.8. The van der Waals surface area contributed by atoms with E-state index in [4.69, 9.17) is 9.84 Å². The summed E-state index contributed by atoms with van der Waals surface area (Å²) in [5.41, 5.74) is 1.02. The Kier molecular flexibility index (Phi) is 2.21. The Balaban J connectivity index is 2.77. The van der Waals surface area contributed by atoms with Crippen LogP contribution in [0.5, 0.6) is 5.75 Å². The molecule has 5 heteroatoms. The Labute approximate surface area is 85.4 Å². The van der Waals surface area contributed by atoms with Gasteiger partial charge in [0.05, 0.1) is 12.6 Å². The van der Waals surface area contributed by atoms with Crippen molar-refractivity contribution in [1.29, 1.82) is 0 Å². The zero-order chi connectivity index (χ0) is 10.8. The number of hydrogen-bond acceptors (Lipinski definition) is 4. The maximum absolute atomic E-state index is 10.8.